The van der Waals surface area contributed by atoms with Gasteiger partial charge in [0, 0.05) is 28.3 Å². The molecule has 0 spiro atoms. The molecule has 31 heavy (non-hydrogen) atoms. The first-order chi connectivity index (χ1) is 15.1. The summed E-state index contributed by atoms with van der Waals surface area (Å²) in [5, 5.41) is 2.85. The van der Waals surface area contributed by atoms with Crippen LogP contribution in [0.2, 0.25) is 0 Å². The molecule has 1 N–H and O–H groups in total. The summed E-state index contributed by atoms with van der Waals surface area (Å²) < 4.78 is 12.1. The van der Waals surface area contributed by atoms with Crippen molar-refractivity contribution in [2.75, 3.05) is 18.6 Å². The van der Waals surface area contributed by atoms with E-state index in [0.717, 1.165) is 10.0 Å². The van der Waals surface area contributed by atoms with Crippen molar-refractivity contribution in [1.29, 1.82) is 0 Å². The van der Waals surface area contributed by atoms with E-state index >= 15 is 0 Å². The van der Waals surface area contributed by atoms with Crippen LogP contribution in [0.3, 0.4) is 0 Å². The number of benzene rings is 2. The second kappa shape index (κ2) is 9.18. The van der Waals surface area contributed by atoms with Crippen LogP contribution in [0.5, 0.6) is 11.5 Å². The Balaban J connectivity index is 1.53. The molecule has 1 aromatic heterocycles. The van der Waals surface area contributed by atoms with Gasteiger partial charge in [-0.15, -0.1) is 0 Å². The van der Waals surface area contributed by atoms with Gasteiger partial charge in [-0.05, 0) is 30.3 Å². The lowest BCUT2D eigenvalue weighted by Gasteiger charge is -2.33. The molecule has 1 atom stereocenters. The van der Waals surface area contributed by atoms with Crippen molar-refractivity contribution >= 4 is 33.6 Å². The standard InChI is InChI=1S/C23H20BrN3O4/c1-30-18-10-9-17(24)12-16(18)13-26-20(28)14-27-22-19(8-5-11-25-22)31-21(23(27)29)15-6-3-2-4-7-15/h2-12,21H,13-14H2,1H3,(H,26,28)/t21-/m0/s1. The number of hydrogen-bond donors (Lipinski definition) is 1. The second-order valence-corrected chi connectivity index (χ2v) is 7.81. The predicted octanol–water partition coefficient (Wildman–Crippen LogP) is 3.64. The lowest BCUT2D eigenvalue weighted by Crippen LogP contribution is -2.46. The Labute approximate surface area is 188 Å². The molecule has 1 aliphatic rings. The van der Waals surface area contributed by atoms with Gasteiger partial charge in [-0.1, -0.05) is 46.3 Å². The lowest BCUT2D eigenvalue weighted by molar-refractivity contribution is -0.129. The van der Waals surface area contributed by atoms with Crippen LogP contribution in [0.25, 0.3) is 0 Å². The van der Waals surface area contributed by atoms with Gasteiger partial charge in [-0.3, -0.25) is 14.5 Å². The molecule has 0 saturated heterocycles. The molecule has 8 heteroatoms. The topological polar surface area (TPSA) is 80.8 Å². The number of amides is 2. The van der Waals surface area contributed by atoms with Gasteiger partial charge in [0.15, 0.2) is 11.6 Å². The van der Waals surface area contributed by atoms with Crippen LogP contribution in [0.4, 0.5) is 5.82 Å². The molecular formula is C23H20BrN3O4. The largest absolute Gasteiger partial charge is 0.496 e. The Morgan fingerprint density at radius 3 is 2.77 bits per heavy atom. The first-order valence-electron chi connectivity index (χ1n) is 9.64. The van der Waals surface area contributed by atoms with Crippen LogP contribution in [0.1, 0.15) is 17.2 Å². The predicted molar refractivity (Wildman–Crippen MR) is 119 cm³/mol. The van der Waals surface area contributed by atoms with Gasteiger partial charge >= 0.3 is 0 Å². The highest BCUT2D eigenvalue weighted by atomic mass is 79.9. The Hall–Kier alpha value is -3.39. The molecule has 2 amide bonds. The maximum atomic E-state index is 13.2. The van der Waals surface area contributed by atoms with Gasteiger partial charge in [0.1, 0.15) is 12.3 Å². The van der Waals surface area contributed by atoms with Crippen molar-refractivity contribution in [3.05, 3.63) is 82.5 Å². The van der Waals surface area contributed by atoms with E-state index in [2.05, 4.69) is 26.2 Å². The summed E-state index contributed by atoms with van der Waals surface area (Å²) in [6.45, 7) is 0.0863. The molecule has 0 saturated carbocycles. The second-order valence-electron chi connectivity index (χ2n) is 6.89. The van der Waals surface area contributed by atoms with Gasteiger partial charge in [0.2, 0.25) is 12.0 Å². The highest BCUT2D eigenvalue weighted by Gasteiger charge is 2.37. The number of hydrogen-bond acceptors (Lipinski definition) is 5. The van der Waals surface area contributed by atoms with Gasteiger partial charge in [-0.25, -0.2) is 4.98 Å². The molecule has 3 aromatic rings. The van der Waals surface area contributed by atoms with Crippen molar-refractivity contribution in [3.8, 4) is 11.5 Å². The monoisotopic (exact) mass is 481 g/mol. The average Bonchev–Trinajstić information content (AvgIpc) is 2.80. The minimum atomic E-state index is -0.837. The zero-order valence-corrected chi connectivity index (χ0v) is 18.3. The van der Waals surface area contributed by atoms with Gasteiger partial charge in [0.25, 0.3) is 5.91 Å². The third kappa shape index (κ3) is 4.54. The van der Waals surface area contributed by atoms with E-state index in [-0.39, 0.29) is 24.9 Å². The number of nitrogens with one attached hydrogen (secondary N) is 1. The third-order valence-corrected chi connectivity index (χ3v) is 5.36. The highest BCUT2D eigenvalue weighted by Crippen LogP contribution is 2.36. The summed E-state index contributed by atoms with van der Waals surface area (Å²) in [7, 11) is 1.58. The highest BCUT2D eigenvalue weighted by molar-refractivity contribution is 9.10. The minimum Gasteiger partial charge on any atom is -0.496 e. The van der Waals surface area contributed by atoms with Crippen molar-refractivity contribution < 1.29 is 19.1 Å². The summed E-state index contributed by atoms with van der Waals surface area (Å²) in [4.78, 5) is 31.6. The zero-order chi connectivity index (χ0) is 21.8. The molecule has 1 aliphatic heterocycles. The van der Waals surface area contributed by atoms with Gasteiger partial charge in [0.05, 0.1) is 7.11 Å². The molecule has 2 heterocycles. The van der Waals surface area contributed by atoms with E-state index in [1.54, 1.807) is 25.4 Å². The van der Waals surface area contributed by atoms with E-state index in [1.807, 2.05) is 48.5 Å². The summed E-state index contributed by atoms with van der Waals surface area (Å²) in [5.74, 6) is 0.794. The van der Waals surface area contributed by atoms with Crippen LogP contribution in [0, 0.1) is 0 Å². The van der Waals surface area contributed by atoms with Crippen LogP contribution in [-0.4, -0.2) is 30.5 Å². The minimum absolute atomic E-state index is 0.175. The maximum absolute atomic E-state index is 13.2. The average molecular weight is 482 g/mol. The Morgan fingerprint density at radius 2 is 2.00 bits per heavy atom. The van der Waals surface area contributed by atoms with Crippen LogP contribution in [0.15, 0.2) is 71.3 Å². The van der Waals surface area contributed by atoms with Crippen LogP contribution < -0.4 is 19.7 Å². The number of nitrogens with zero attached hydrogens (tertiary/aromatic N) is 2. The number of pyridine rings is 1. The Morgan fingerprint density at radius 1 is 1.19 bits per heavy atom. The number of halogens is 1. The molecule has 0 aliphatic carbocycles. The molecule has 2 aromatic carbocycles. The smallest absolute Gasteiger partial charge is 0.274 e. The molecule has 0 fully saturated rings. The SMILES string of the molecule is COc1ccc(Br)cc1CNC(=O)CN1C(=O)[C@H](c2ccccc2)Oc2cccnc21. The van der Waals surface area contributed by atoms with Crippen LogP contribution >= 0.6 is 15.9 Å². The fraction of sp³-hybridized carbons (Fsp3) is 0.174. The Bertz CT molecular complexity index is 1110. The summed E-state index contributed by atoms with van der Waals surface area (Å²) >= 11 is 3.42. The molecule has 0 bridgehead atoms. The Kier molecular flexibility index (Phi) is 6.18. The number of aromatic nitrogens is 1. The van der Waals surface area contributed by atoms with E-state index < -0.39 is 6.10 Å². The number of carbonyl (C=O) groups is 2. The van der Waals surface area contributed by atoms with Crippen molar-refractivity contribution in [1.82, 2.24) is 10.3 Å². The molecule has 7 nitrogen and oxygen atoms in total. The number of rotatable bonds is 6. The fourth-order valence-electron chi connectivity index (χ4n) is 3.37. The first kappa shape index (κ1) is 20.9. The summed E-state index contributed by atoms with van der Waals surface area (Å²) in [5.41, 5.74) is 1.53. The van der Waals surface area contributed by atoms with Crippen molar-refractivity contribution in [2.45, 2.75) is 12.6 Å². The van der Waals surface area contributed by atoms with Gasteiger partial charge < -0.3 is 14.8 Å². The molecule has 4 rings (SSSR count). The molecule has 0 unspecified atom stereocenters. The normalized spacial score (nSPS) is 15.1. The number of ether oxygens (including phenoxy) is 2. The van der Waals surface area contributed by atoms with E-state index in [1.165, 1.54) is 4.90 Å². The van der Waals surface area contributed by atoms with E-state index in [9.17, 15) is 9.59 Å². The molecular weight excluding hydrogens is 462 g/mol. The number of methoxy groups -OCH3 is 1. The third-order valence-electron chi connectivity index (χ3n) is 4.86. The fourth-order valence-corrected chi connectivity index (χ4v) is 3.78. The summed E-state index contributed by atoms with van der Waals surface area (Å²) in [6, 6.07) is 18.2. The lowest BCUT2D eigenvalue weighted by atomic mass is 10.1. The number of carbonyl (C=O) groups excluding carboxylic acids is 2. The van der Waals surface area contributed by atoms with Crippen molar-refractivity contribution in [2.24, 2.45) is 0 Å². The van der Waals surface area contributed by atoms with E-state index in [4.69, 9.17) is 9.47 Å². The number of fused-ring (bicyclic) bond motifs is 1. The quantitative estimate of drug-likeness (QED) is 0.581. The maximum Gasteiger partial charge on any atom is 0.274 e. The van der Waals surface area contributed by atoms with Gasteiger partial charge in [-0.2, -0.15) is 0 Å². The number of anilines is 1. The molecule has 158 valence electrons. The zero-order valence-electron chi connectivity index (χ0n) is 16.7. The summed E-state index contributed by atoms with van der Waals surface area (Å²) in [6.07, 6.45) is 0.728. The van der Waals surface area contributed by atoms with Crippen LogP contribution in [-0.2, 0) is 16.1 Å². The molecule has 0 radical (unpaired) electrons. The van der Waals surface area contributed by atoms with E-state index in [0.29, 0.717) is 22.9 Å². The van der Waals surface area contributed by atoms with Crippen molar-refractivity contribution in [3.63, 3.8) is 0 Å². The first-order valence-corrected chi connectivity index (χ1v) is 10.4.